The van der Waals surface area contributed by atoms with E-state index in [1.807, 2.05) is 13.8 Å². The van der Waals surface area contributed by atoms with Crippen molar-refractivity contribution in [1.82, 2.24) is 14.8 Å². The van der Waals surface area contributed by atoms with Crippen LogP contribution in [0.3, 0.4) is 0 Å². The van der Waals surface area contributed by atoms with E-state index in [-0.39, 0.29) is 5.78 Å². The summed E-state index contributed by atoms with van der Waals surface area (Å²) >= 11 is 1.55. The third kappa shape index (κ3) is 3.02. The van der Waals surface area contributed by atoms with Crippen molar-refractivity contribution in [2.75, 3.05) is 5.75 Å². The summed E-state index contributed by atoms with van der Waals surface area (Å²) in [6, 6.07) is 4.74. The van der Waals surface area contributed by atoms with Gasteiger partial charge in [-0.3, -0.25) is 4.79 Å². The van der Waals surface area contributed by atoms with Crippen LogP contribution in [0, 0.1) is 20.8 Å². The number of carbonyl (C=O) groups excluding carboxylic acids is 1. The maximum atomic E-state index is 12.7. The van der Waals surface area contributed by atoms with Crippen molar-refractivity contribution in [3.8, 4) is 0 Å². The molecule has 1 heterocycles. The van der Waals surface area contributed by atoms with E-state index in [1.165, 1.54) is 31.2 Å². The van der Waals surface area contributed by atoms with Gasteiger partial charge in [0.05, 0.1) is 5.75 Å². The predicted molar refractivity (Wildman–Crippen MR) is 96.0 cm³/mol. The zero-order valence-electron chi connectivity index (χ0n) is 14.5. The highest BCUT2D eigenvalue weighted by Gasteiger charge is 2.36. The average molecular weight is 341 g/mol. The molecule has 5 heteroatoms. The molecule has 2 aromatic rings. The van der Waals surface area contributed by atoms with Crippen LogP contribution in [0.15, 0.2) is 17.3 Å². The summed E-state index contributed by atoms with van der Waals surface area (Å²) in [6.07, 6.45) is 4.90. The molecule has 2 aliphatic rings. The minimum atomic E-state index is 0.188. The normalized spacial score (nSPS) is 17.3. The van der Waals surface area contributed by atoms with Crippen molar-refractivity contribution in [3.05, 3.63) is 40.2 Å². The zero-order valence-corrected chi connectivity index (χ0v) is 15.3. The fourth-order valence-electron chi connectivity index (χ4n) is 3.50. The lowest BCUT2D eigenvalue weighted by atomic mass is 9.97. The minimum Gasteiger partial charge on any atom is -0.303 e. The quantitative estimate of drug-likeness (QED) is 0.577. The Morgan fingerprint density at radius 2 is 1.79 bits per heavy atom. The summed E-state index contributed by atoms with van der Waals surface area (Å²) in [5.74, 6) is 2.37. The lowest BCUT2D eigenvalue weighted by Crippen LogP contribution is -2.09. The number of thioether (sulfide) groups is 1. The number of Topliss-reactive ketones (excluding diaryl/α,β-unsaturated/α-hetero) is 1. The Labute approximate surface area is 147 Å². The number of rotatable bonds is 6. The highest BCUT2D eigenvalue weighted by atomic mass is 32.2. The Kier molecular flexibility index (Phi) is 3.99. The van der Waals surface area contributed by atoms with Crippen molar-refractivity contribution in [3.63, 3.8) is 0 Å². The summed E-state index contributed by atoms with van der Waals surface area (Å²) in [5.41, 5.74) is 4.21. The van der Waals surface area contributed by atoms with Gasteiger partial charge in [-0.05, 0) is 57.6 Å². The molecule has 1 aromatic carbocycles. The highest BCUT2D eigenvalue weighted by Crippen LogP contribution is 2.46. The number of carbonyl (C=O) groups is 1. The first-order chi connectivity index (χ1) is 11.5. The lowest BCUT2D eigenvalue weighted by molar-refractivity contribution is 0.102. The number of aromatic nitrogens is 3. The molecule has 0 unspecified atom stereocenters. The summed E-state index contributed by atoms with van der Waals surface area (Å²) in [7, 11) is 0. The molecule has 0 bridgehead atoms. The van der Waals surface area contributed by atoms with Gasteiger partial charge in [-0.1, -0.05) is 29.5 Å². The van der Waals surface area contributed by atoms with Crippen molar-refractivity contribution >= 4 is 17.5 Å². The third-order valence-corrected chi connectivity index (χ3v) is 5.78. The Bertz CT molecular complexity index is 780. The molecule has 2 aliphatic carbocycles. The molecule has 126 valence electrons. The van der Waals surface area contributed by atoms with Gasteiger partial charge in [0.2, 0.25) is 0 Å². The Morgan fingerprint density at radius 3 is 2.38 bits per heavy atom. The van der Waals surface area contributed by atoms with Crippen LogP contribution in [0.25, 0.3) is 0 Å². The van der Waals surface area contributed by atoms with Crippen LogP contribution in [0.5, 0.6) is 0 Å². The van der Waals surface area contributed by atoms with E-state index in [2.05, 4.69) is 33.8 Å². The van der Waals surface area contributed by atoms with Crippen molar-refractivity contribution in [1.29, 1.82) is 0 Å². The van der Waals surface area contributed by atoms with Crippen molar-refractivity contribution in [2.24, 2.45) is 0 Å². The van der Waals surface area contributed by atoms with Gasteiger partial charge in [0.25, 0.3) is 0 Å². The van der Waals surface area contributed by atoms with E-state index in [1.54, 1.807) is 11.8 Å². The molecule has 2 fully saturated rings. The molecule has 0 aliphatic heterocycles. The number of nitrogens with zero attached hydrogens (tertiary/aromatic N) is 3. The molecule has 1 aromatic heterocycles. The summed E-state index contributed by atoms with van der Waals surface area (Å²) < 4.78 is 2.31. The zero-order chi connectivity index (χ0) is 16.8. The Morgan fingerprint density at radius 1 is 1.12 bits per heavy atom. The standard InChI is InChI=1S/C19H23N3OS/c1-11-8-12(2)17(13(3)9-11)16(23)10-24-19-21-20-18(14-4-5-14)22(19)15-6-7-15/h8-9,14-15H,4-7,10H2,1-3H3. The number of hydrogen-bond acceptors (Lipinski definition) is 4. The lowest BCUT2D eigenvalue weighted by Gasteiger charge is -2.11. The maximum Gasteiger partial charge on any atom is 0.191 e. The van der Waals surface area contributed by atoms with Gasteiger partial charge >= 0.3 is 0 Å². The minimum absolute atomic E-state index is 0.188. The monoisotopic (exact) mass is 341 g/mol. The molecule has 0 N–H and O–H groups in total. The van der Waals surface area contributed by atoms with Crippen LogP contribution in [0.1, 0.15) is 70.5 Å². The average Bonchev–Trinajstić information content (AvgIpc) is 3.42. The van der Waals surface area contributed by atoms with Crippen molar-refractivity contribution < 1.29 is 4.79 Å². The number of benzene rings is 1. The molecule has 4 nitrogen and oxygen atoms in total. The fraction of sp³-hybridized carbons (Fsp3) is 0.526. The molecule has 4 rings (SSSR count). The number of hydrogen-bond donors (Lipinski definition) is 0. The topological polar surface area (TPSA) is 47.8 Å². The number of aryl methyl sites for hydroxylation is 3. The third-order valence-electron chi connectivity index (χ3n) is 4.83. The first kappa shape index (κ1) is 15.9. The van der Waals surface area contributed by atoms with E-state index in [0.29, 0.717) is 17.7 Å². The molecule has 0 amide bonds. The van der Waals surface area contributed by atoms with Crippen LogP contribution < -0.4 is 0 Å². The maximum absolute atomic E-state index is 12.7. The Hall–Kier alpha value is -1.62. The first-order valence-corrected chi connectivity index (χ1v) is 9.72. The van der Waals surface area contributed by atoms with E-state index in [4.69, 9.17) is 0 Å². The molecule has 2 saturated carbocycles. The molecule has 0 atom stereocenters. The van der Waals surface area contributed by atoms with Gasteiger partial charge in [0.1, 0.15) is 5.82 Å². The highest BCUT2D eigenvalue weighted by molar-refractivity contribution is 7.99. The van der Waals surface area contributed by atoms with Crippen LogP contribution in [-0.4, -0.2) is 26.3 Å². The largest absolute Gasteiger partial charge is 0.303 e. The van der Waals surface area contributed by atoms with E-state index in [0.717, 1.165) is 27.7 Å². The van der Waals surface area contributed by atoms with E-state index >= 15 is 0 Å². The van der Waals surface area contributed by atoms with E-state index < -0.39 is 0 Å². The summed E-state index contributed by atoms with van der Waals surface area (Å²) in [5, 5.41) is 9.73. The summed E-state index contributed by atoms with van der Waals surface area (Å²) in [4.78, 5) is 12.7. The Balaban J connectivity index is 1.52. The van der Waals surface area contributed by atoms with Crippen LogP contribution in [0.2, 0.25) is 0 Å². The molecule has 0 spiro atoms. The van der Waals surface area contributed by atoms with Gasteiger partial charge in [-0.15, -0.1) is 10.2 Å². The first-order valence-electron chi connectivity index (χ1n) is 8.73. The molecular formula is C19H23N3OS. The second-order valence-corrected chi connectivity index (χ2v) is 8.14. The smallest absolute Gasteiger partial charge is 0.191 e. The van der Waals surface area contributed by atoms with Crippen LogP contribution in [0.4, 0.5) is 0 Å². The van der Waals surface area contributed by atoms with Gasteiger partial charge in [-0.25, -0.2) is 0 Å². The van der Waals surface area contributed by atoms with Gasteiger partial charge in [0.15, 0.2) is 10.9 Å². The number of ketones is 1. The van der Waals surface area contributed by atoms with Gasteiger partial charge in [0, 0.05) is 17.5 Å². The fourth-order valence-corrected chi connectivity index (χ4v) is 4.39. The molecule has 24 heavy (non-hydrogen) atoms. The summed E-state index contributed by atoms with van der Waals surface area (Å²) in [6.45, 7) is 6.12. The van der Waals surface area contributed by atoms with Gasteiger partial charge < -0.3 is 4.57 Å². The van der Waals surface area contributed by atoms with Crippen LogP contribution >= 0.6 is 11.8 Å². The van der Waals surface area contributed by atoms with Crippen LogP contribution in [-0.2, 0) is 0 Å². The van der Waals surface area contributed by atoms with Gasteiger partial charge in [-0.2, -0.15) is 0 Å². The second-order valence-electron chi connectivity index (χ2n) is 7.20. The second kappa shape index (κ2) is 6.03. The molecule has 0 saturated heterocycles. The molecule has 0 radical (unpaired) electrons. The predicted octanol–water partition coefficient (Wildman–Crippen LogP) is 4.39. The van der Waals surface area contributed by atoms with E-state index in [9.17, 15) is 4.79 Å². The van der Waals surface area contributed by atoms with Crippen molar-refractivity contribution in [2.45, 2.75) is 63.6 Å². The SMILES string of the molecule is Cc1cc(C)c(C(=O)CSc2nnc(C3CC3)n2C2CC2)c(C)c1. The molecular weight excluding hydrogens is 318 g/mol.